The molecule has 1 N–H and O–H groups in total. The fraction of sp³-hybridized carbons (Fsp3) is 0.125. The molecule has 158 valence electrons. The zero-order valence-electron chi connectivity index (χ0n) is 17.0. The molecular formula is C24H19N5O2S. The van der Waals surface area contributed by atoms with Gasteiger partial charge < -0.3 is 24.3 Å². The average Bonchev–Trinajstić information content (AvgIpc) is 3.57. The number of hydrogen-bond acceptors (Lipinski definition) is 5. The van der Waals surface area contributed by atoms with Crippen LogP contribution in [0, 0.1) is 0 Å². The van der Waals surface area contributed by atoms with Crippen molar-refractivity contribution in [2.24, 2.45) is 0 Å². The summed E-state index contributed by atoms with van der Waals surface area (Å²) in [6, 6.07) is 21.5. The maximum Gasteiger partial charge on any atom is 0.231 e. The summed E-state index contributed by atoms with van der Waals surface area (Å²) in [5, 5.41) is 4.12. The summed E-state index contributed by atoms with van der Waals surface area (Å²) in [6.07, 6.45) is 5.62. The van der Waals surface area contributed by atoms with Crippen LogP contribution in [0.3, 0.4) is 0 Å². The molecule has 2 aliphatic heterocycles. The van der Waals surface area contributed by atoms with Gasteiger partial charge in [-0.25, -0.2) is 4.98 Å². The predicted molar refractivity (Wildman–Crippen MR) is 124 cm³/mol. The number of aromatic nitrogens is 3. The van der Waals surface area contributed by atoms with Crippen LogP contribution < -0.4 is 19.7 Å². The normalized spacial score (nSPS) is 19.2. The Hall–Kier alpha value is -3.91. The van der Waals surface area contributed by atoms with Gasteiger partial charge in [0, 0.05) is 36.0 Å². The maximum absolute atomic E-state index is 5.83. The fourth-order valence-electron chi connectivity index (χ4n) is 4.31. The van der Waals surface area contributed by atoms with Crippen LogP contribution in [-0.2, 0) is 0 Å². The molecule has 1 fully saturated rings. The van der Waals surface area contributed by atoms with Crippen molar-refractivity contribution >= 4 is 23.0 Å². The van der Waals surface area contributed by atoms with Crippen LogP contribution in [0.25, 0.3) is 5.82 Å². The number of fused-ring (bicyclic) bond motifs is 1. The van der Waals surface area contributed by atoms with E-state index >= 15 is 0 Å². The van der Waals surface area contributed by atoms with Gasteiger partial charge in [0.25, 0.3) is 0 Å². The third-order valence-electron chi connectivity index (χ3n) is 5.71. The Morgan fingerprint density at radius 3 is 2.56 bits per heavy atom. The van der Waals surface area contributed by atoms with Gasteiger partial charge in [0.1, 0.15) is 11.9 Å². The number of thiocarbonyl (C=S) groups is 1. The Labute approximate surface area is 190 Å². The van der Waals surface area contributed by atoms with E-state index in [2.05, 4.69) is 30.8 Å². The molecule has 0 bridgehead atoms. The quantitative estimate of drug-likeness (QED) is 0.477. The van der Waals surface area contributed by atoms with E-state index in [1.54, 1.807) is 12.4 Å². The highest BCUT2D eigenvalue weighted by Crippen LogP contribution is 2.44. The SMILES string of the molecule is S=C1N[C@H](c2ccccn2)[C@H](c2cccn2-c2ccccn2)N1c1ccc2c(c1)OCO2. The summed E-state index contributed by atoms with van der Waals surface area (Å²) < 4.78 is 13.2. The first kappa shape index (κ1) is 18.8. The molecule has 1 aromatic carbocycles. The van der Waals surface area contributed by atoms with Crippen molar-refractivity contribution in [2.75, 3.05) is 11.7 Å². The van der Waals surface area contributed by atoms with Crippen molar-refractivity contribution in [2.45, 2.75) is 12.1 Å². The van der Waals surface area contributed by atoms with Crippen LogP contribution in [0.15, 0.2) is 85.3 Å². The molecule has 5 heterocycles. The average molecular weight is 442 g/mol. The van der Waals surface area contributed by atoms with Gasteiger partial charge in [0.15, 0.2) is 16.6 Å². The molecule has 2 atom stereocenters. The molecule has 6 rings (SSSR count). The third-order valence-corrected chi connectivity index (χ3v) is 6.03. The van der Waals surface area contributed by atoms with E-state index in [0.29, 0.717) is 10.9 Å². The third kappa shape index (κ3) is 3.07. The summed E-state index contributed by atoms with van der Waals surface area (Å²) >= 11 is 5.83. The number of benzene rings is 1. The minimum Gasteiger partial charge on any atom is -0.454 e. The molecule has 8 heteroatoms. The minimum absolute atomic E-state index is 0.147. The first-order chi connectivity index (χ1) is 15.8. The highest BCUT2D eigenvalue weighted by Gasteiger charge is 2.42. The number of rotatable bonds is 4. The van der Waals surface area contributed by atoms with Gasteiger partial charge in [-0.05, 0) is 60.7 Å². The second-order valence-electron chi connectivity index (χ2n) is 7.53. The number of pyridine rings is 2. The second kappa shape index (κ2) is 7.65. The molecule has 3 aromatic heterocycles. The van der Waals surface area contributed by atoms with Crippen LogP contribution in [0.5, 0.6) is 11.5 Å². The highest BCUT2D eigenvalue weighted by atomic mass is 32.1. The van der Waals surface area contributed by atoms with Gasteiger partial charge in [-0.3, -0.25) is 4.98 Å². The molecule has 0 saturated carbocycles. The molecule has 0 unspecified atom stereocenters. The van der Waals surface area contributed by atoms with E-state index in [-0.39, 0.29) is 18.9 Å². The molecule has 32 heavy (non-hydrogen) atoms. The van der Waals surface area contributed by atoms with Crippen molar-refractivity contribution < 1.29 is 9.47 Å². The largest absolute Gasteiger partial charge is 0.454 e. The van der Waals surface area contributed by atoms with Crippen molar-refractivity contribution in [3.63, 3.8) is 0 Å². The van der Waals surface area contributed by atoms with E-state index in [1.807, 2.05) is 66.9 Å². The van der Waals surface area contributed by atoms with Crippen molar-refractivity contribution in [3.8, 4) is 17.3 Å². The number of ether oxygens (including phenoxy) is 2. The molecule has 0 radical (unpaired) electrons. The zero-order valence-corrected chi connectivity index (χ0v) is 17.8. The van der Waals surface area contributed by atoms with E-state index < -0.39 is 0 Å². The maximum atomic E-state index is 5.83. The molecule has 0 spiro atoms. The molecule has 0 aliphatic carbocycles. The van der Waals surface area contributed by atoms with Gasteiger partial charge in [-0.15, -0.1) is 0 Å². The summed E-state index contributed by atoms with van der Waals surface area (Å²) in [5.41, 5.74) is 2.88. The van der Waals surface area contributed by atoms with Crippen LogP contribution in [0.4, 0.5) is 5.69 Å². The predicted octanol–water partition coefficient (Wildman–Crippen LogP) is 4.17. The van der Waals surface area contributed by atoms with Crippen molar-refractivity contribution in [1.82, 2.24) is 19.9 Å². The molecule has 2 aliphatic rings. The number of anilines is 1. The van der Waals surface area contributed by atoms with Gasteiger partial charge in [-0.2, -0.15) is 0 Å². The molecular weight excluding hydrogens is 422 g/mol. The van der Waals surface area contributed by atoms with Crippen LogP contribution in [0.2, 0.25) is 0 Å². The van der Waals surface area contributed by atoms with E-state index in [4.69, 9.17) is 21.7 Å². The number of hydrogen-bond donors (Lipinski definition) is 1. The Balaban J connectivity index is 1.50. The lowest BCUT2D eigenvalue weighted by molar-refractivity contribution is 0.174. The Kier molecular flexibility index (Phi) is 4.50. The Morgan fingerprint density at radius 2 is 1.75 bits per heavy atom. The first-order valence-electron chi connectivity index (χ1n) is 10.3. The summed E-state index contributed by atoms with van der Waals surface area (Å²) in [6.45, 7) is 0.226. The molecule has 0 amide bonds. The van der Waals surface area contributed by atoms with Gasteiger partial charge in [0.05, 0.1) is 11.7 Å². The molecule has 1 saturated heterocycles. The van der Waals surface area contributed by atoms with Crippen LogP contribution in [0.1, 0.15) is 23.5 Å². The summed E-state index contributed by atoms with van der Waals surface area (Å²) in [7, 11) is 0. The van der Waals surface area contributed by atoms with Gasteiger partial charge >= 0.3 is 0 Å². The van der Waals surface area contributed by atoms with Gasteiger partial charge in [-0.1, -0.05) is 12.1 Å². The monoisotopic (exact) mass is 441 g/mol. The Morgan fingerprint density at radius 1 is 0.906 bits per heavy atom. The smallest absolute Gasteiger partial charge is 0.231 e. The summed E-state index contributed by atoms with van der Waals surface area (Å²) in [5.74, 6) is 2.29. The first-order valence-corrected chi connectivity index (χ1v) is 10.7. The van der Waals surface area contributed by atoms with Gasteiger partial charge in [0.2, 0.25) is 6.79 Å². The fourth-order valence-corrected chi connectivity index (χ4v) is 4.65. The van der Waals surface area contributed by atoms with E-state index in [0.717, 1.165) is 28.6 Å². The van der Waals surface area contributed by atoms with Crippen molar-refractivity contribution in [3.05, 3.63) is 96.7 Å². The number of nitrogens with one attached hydrogen (secondary N) is 1. The lowest BCUT2D eigenvalue weighted by Gasteiger charge is -2.29. The summed E-state index contributed by atoms with van der Waals surface area (Å²) in [4.78, 5) is 11.3. The standard InChI is InChI=1S/C24H19N5O2S/c32-24-27-22(17-6-1-3-11-25-17)23(18-7-5-13-28(18)21-8-2-4-12-26-21)29(24)16-9-10-19-20(14-16)31-15-30-19/h1-14,22-23H,15H2,(H,27,32)/t22-,23+/m1/s1. The Bertz CT molecular complexity index is 1280. The minimum atomic E-state index is -0.158. The lowest BCUT2D eigenvalue weighted by atomic mass is 10.0. The highest BCUT2D eigenvalue weighted by molar-refractivity contribution is 7.80. The topological polar surface area (TPSA) is 64.4 Å². The molecule has 4 aromatic rings. The lowest BCUT2D eigenvalue weighted by Crippen LogP contribution is -2.30. The van der Waals surface area contributed by atoms with Crippen LogP contribution >= 0.6 is 12.2 Å². The van der Waals surface area contributed by atoms with Crippen LogP contribution in [-0.4, -0.2) is 26.4 Å². The van der Waals surface area contributed by atoms with E-state index in [9.17, 15) is 0 Å². The number of nitrogens with zero attached hydrogens (tertiary/aromatic N) is 4. The molecule has 7 nitrogen and oxygen atoms in total. The van der Waals surface area contributed by atoms with E-state index in [1.165, 1.54) is 0 Å². The van der Waals surface area contributed by atoms with Crippen molar-refractivity contribution in [1.29, 1.82) is 0 Å². The zero-order chi connectivity index (χ0) is 21.5. The second-order valence-corrected chi connectivity index (χ2v) is 7.91.